The van der Waals surface area contributed by atoms with Gasteiger partial charge in [0, 0.05) is 26.2 Å². The molecule has 2 rings (SSSR count). The molecule has 0 spiro atoms. The van der Waals surface area contributed by atoms with Gasteiger partial charge in [0.1, 0.15) is 5.75 Å². The minimum absolute atomic E-state index is 0.0164. The number of urea groups is 1. The fourth-order valence-electron chi connectivity index (χ4n) is 3.18. The van der Waals surface area contributed by atoms with Crippen molar-refractivity contribution in [3.05, 3.63) is 29.8 Å². The van der Waals surface area contributed by atoms with Gasteiger partial charge in [0.2, 0.25) is 0 Å². The average molecular weight is 348 g/mol. The monoisotopic (exact) mass is 348 g/mol. The lowest BCUT2D eigenvalue weighted by Crippen LogP contribution is -2.50. The third kappa shape index (κ3) is 6.24. The SMILES string of the molecule is CC(C)Oc1cccc(CCNC(=O)N(C)[C@H]2CCOC(C)(C)C2)c1. The van der Waals surface area contributed by atoms with Gasteiger partial charge in [-0.15, -0.1) is 0 Å². The van der Waals surface area contributed by atoms with E-state index in [0.717, 1.165) is 30.6 Å². The van der Waals surface area contributed by atoms with E-state index in [4.69, 9.17) is 9.47 Å². The molecule has 0 unspecified atom stereocenters. The molecule has 1 fully saturated rings. The fourth-order valence-corrected chi connectivity index (χ4v) is 3.18. The predicted molar refractivity (Wildman–Crippen MR) is 100 cm³/mol. The maximum absolute atomic E-state index is 12.4. The molecule has 25 heavy (non-hydrogen) atoms. The molecule has 1 heterocycles. The second-order valence-electron chi connectivity index (χ2n) is 7.66. The third-order valence-electron chi connectivity index (χ3n) is 4.50. The second kappa shape index (κ2) is 8.56. The Bertz CT molecular complexity index is 572. The van der Waals surface area contributed by atoms with Gasteiger partial charge in [-0.2, -0.15) is 0 Å². The van der Waals surface area contributed by atoms with Crippen LogP contribution in [-0.4, -0.2) is 48.9 Å². The van der Waals surface area contributed by atoms with E-state index in [-0.39, 0.29) is 23.8 Å². The molecule has 2 amide bonds. The smallest absolute Gasteiger partial charge is 0.317 e. The normalized spacial score (nSPS) is 19.5. The lowest BCUT2D eigenvalue weighted by Gasteiger charge is -2.39. The number of ether oxygens (including phenoxy) is 2. The van der Waals surface area contributed by atoms with Gasteiger partial charge in [0.15, 0.2) is 0 Å². The molecule has 1 saturated heterocycles. The summed E-state index contributed by atoms with van der Waals surface area (Å²) in [5, 5.41) is 3.02. The standard InChI is InChI=1S/C20H32N2O3/c1-15(2)25-18-8-6-7-16(13-18)9-11-21-19(23)22(5)17-10-12-24-20(3,4)14-17/h6-8,13,15,17H,9-12,14H2,1-5H3,(H,21,23)/t17-/m0/s1. The summed E-state index contributed by atoms with van der Waals surface area (Å²) in [4.78, 5) is 14.2. The molecule has 140 valence electrons. The van der Waals surface area contributed by atoms with Crippen LogP contribution in [0.3, 0.4) is 0 Å². The maximum atomic E-state index is 12.4. The molecule has 1 aliphatic heterocycles. The highest BCUT2D eigenvalue weighted by atomic mass is 16.5. The molecule has 0 radical (unpaired) electrons. The summed E-state index contributed by atoms with van der Waals surface area (Å²) >= 11 is 0. The van der Waals surface area contributed by atoms with Gasteiger partial charge in [-0.25, -0.2) is 4.79 Å². The Hall–Kier alpha value is -1.75. The van der Waals surface area contributed by atoms with Gasteiger partial charge in [0.05, 0.1) is 11.7 Å². The Labute approximate surface area is 151 Å². The van der Waals surface area contributed by atoms with Gasteiger partial charge in [0.25, 0.3) is 0 Å². The third-order valence-corrected chi connectivity index (χ3v) is 4.50. The van der Waals surface area contributed by atoms with E-state index in [2.05, 4.69) is 25.2 Å². The van der Waals surface area contributed by atoms with Gasteiger partial charge < -0.3 is 19.7 Å². The summed E-state index contributed by atoms with van der Waals surface area (Å²) in [6.45, 7) is 9.51. The van der Waals surface area contributed by atoms with Gasteiger partial charge >= 0.3 is 6.03 Å². The van der Waals surface area contributed by atoms with Crippen molar-refractivity contribution < 1.29 is 14.3 Å². The molecule has 1 aliphatic rings. The molecule has 5 heteroatoms. The first-order valence-corrected chi connectivity index (χ1v) is 9.17. The molecule has 0 saturated carbocycles. The second-order valence-corrected chi connectivity index (χ2v) is 7.66. The van der Waals surface area contributed by atoms with E-state index < -0.39 is 0 Å². The Kier molecular flexibility index (Phi) is 6.71. The van der Waals surface area contributed by atoms with Crippen LogP contribution >= 0.6 is 0 Å². The van der Waals surface area contributed by atoms with E-state index >= 15 is 0 Å². The topological polar surface area (TPSA) is 50.8 Å². The summed E-state index contributed by atoms with van der Waals surface area (Å²) in [6, 6.07) is 8.26. The predicted octanol–water partition coefficient (Wildman–Crippen LogP) is 3.62. The van der Waals surface area contributed by atoms with Gasteiger partial charge in [-0.05, 0) is 64.7 Å². The van der Waals surface area contributed by atoms with Crippen molar-refractivity contribution in [2.24, 2.45) is 0 Å². The summed E-state index contributed by atoms with van der Waals surface area (Å²) in [6.07, 6.45) is 2.70. The van der Waals surface area contributed by atoms with Crippen molar-refractivity contribution in [3.8, 4) is 5.75 Å². The van der Waals surface area contributed by atoms with Crippen LogP contribution in [0.25, 0.3) is 0 Å². The number of benzene rings is 1. The lowest BCUT2D eigenvalue weighted by atomic mass is 9.93. The van der Waals surface area contributed by atoms with E-state index in [1.54, 1.807) is 0 Å². The van der Waals surface area contributed by atoms with E-state index in [9.17, 15) is 4.79 Å². The Morgan fingerprint density at radius 2 is 2.20 bits per heavy atom. The summed E-state index contributed by atoms with van der Waals surface area (Å²) in [5.74, 6) is 0.875. The largest absolute Gasteiger partial charge is 0.491 e. The van der Waals surface area contributed by atoms with Crippen molar-refractivity contribution in [3.63, 3.8) is 0 Å². The number of carbonyl (C=O) groups is 1. The van der Waals surface area contributed by atoms with Crippen molar-refractivity contribution >= 4 is 6.03 Å². The van der Waals surface area contributed by atoms with Gasteiger partial charge in [-0.3, -0.25) is 0 Å². The van der Waals surface area contributed by atoms with E-state index in [0.29, 0.717) is 13.2 Å². The molecule has 0 aromatic heterocycles. The zero-order valence-electron chi connectivity index (χ0n) is 16.2. The van der Waals surface area contributed by atoms with Crippen LogP contribution < -0.4 is 10.1 Å². The lowest BCUT2D eigenvalue weighted by molar-refractivity contribution is -0.0744. The van der Waals surface area contributed by atoms with Crippen LogP contribution in [0, 0.1) is 0 Å². The Morgan fingerprint density at radius 1 is 1.44 bits per heavy atom. The zero-order chi connectivity index (χ0) is 18.4. The molecule has 1 N–H and O–H groups in total. The van der Waals surface area contributed by atoms with Crippen LogP contribution in [0.2, 0.25) is 0 Å². The van der Waals surface area contributed by atoms with E-state index in [1.165, 1.54) is 0 Å². The number of amides is 2. The number of hydrogen-bond donors (Lipinski definition) is 1. The van der Waals surface area contributed by atoms with Gasteiger partial charge in [-0.1, -0.05) is 12.1 Å². The first-order chi connectivity index (χ1) is 11.8. The van der Waals surface area contributed by atoms with Crippen molar-refractivity contribution in [1.82, 2.24) is 10.2 Å². The van der Waals surface area contributed by atoms with Crippen LogP contribution in [0.1, 0.15) is 46.1 Å². The van der Waals surface area contributed by atoms with Crippen LogP contribution in [0.15, 0.2) is 24.3 Å². The number of nitrogens with zero attached hydrogens (tertiary/aromatic N) is 1. The summed E-state index contributed by atoms with van der Waals surface area (Å²) < 4.78 is 11.4. The maximum Gasteiger partial charge on any atom is 0.317 e. The molecule has 5 nitrogen and oxygen atoms in total. The molecular weight excluding hydrogens is 316 g/mol. The first kappa shape index (κ1) is 19.6. The number of rotatable bonds is 6. The fraction of sp³-hybridized carbons (Fsp3) is 0.650. The quantitative estimate of drug-likeness (QED) is 0.854. The van der Waals surface area contributed by atoms with Crippen LogP contribution in [0.5, 0.6) is 5.75 Å². The number of carbonyl (C=O) groups excluding carboxylic acids is 1. The van der Waals surface area contributed by atoms with Crippen LogP contribution in [-0.2, 0) is 11.2 Å². The molecule has 1 aromatic rings. The Balaban J connectivity index is 1.80. The Morgan fingerprint density at radius 3 is 2.88 bits per heavy atom. The minimum atomic E-state index is -0.158. The molecule has 0 aliphatic carbocycles. The highest BCUT2D eigenvalue weighted by molar-refractivity contribution is 5.74. The molecule has 1 atom stereocenters. The minimum Gasteiger partial charge on any atom is -0.491 e. The molecule has 0 bridgehead atoms. The molecular formula is C20H32N2O3. The first-order valence-electron chi connectivity index (χ1n) is 9.17. The summed E-state index contributed by atoms with van der Waals surface area (Å²) in [5.41, 5.74) is 1.00. The molecule has 1 aromatic carbocycles. The summed E-state index contributed by atoms with van der Waals surface area (Å²) in [7, 11) is 1.87. The van der Waals surface area contributed by atoms with Crippen molar-refractivity contribution in [2.75, 3.05) is 20.2 Å². The highest BCUT2D eigenvalue weighted by Gasteiger charge is 2.32. The average Bonchev–Trinajstić information content (AvgIpc) is 2.53. The van der Waals surface area contributed by atoms with E-state index in [1.807, 2.05) is 44.0 Å². The van der Waals surface area contributed by atoms with Crippen molar-refractivity contribution in [2.45, 2.75) is 64.7 Å². The van der Waals surface area contributed by atoms with Crippen LogP contribution in [0.4, 0.5) is 4.79 Å². The zero-order valence-corrected chi connectivity index (χ0v) is 16.2. The highest BCUT2D eigenvalue weighted by Crippen LogP contribution is 2.26. The number of hydrogen-bond acceptors (Lipinski definition) is 3. The van der Waals surface area contributed by atoms with Crippen molar-refractivity contribution in [1.29, 1.82) is 0 Å². The number of nitrogens with one attached hydrogen (secondary N) is 1.